The summed E-state index contributed by atoms with van der Waals surface area (Å²) in [5.41, 5.74) is 0.0361. The normalized spacial score (nSPS) is 12.4. The molecule has 0 spiro atoms. The average Bonchev–Trinajstić information content (AvgIpc) is 2.19. The Kier molecular flexibility index (Phi) is 4.45. The van der Waals surface area contributed by atoms with Gasteiger partial charge >= 0.3 is 0 Å². The minimum absolute atomic E-state index is 0.00540. The van der Waals surface area contributed by atoms with Crippen LogP contribution in [0.4, 0.5) is 5.69 Å². The topological polar surface area (TPSA) is 80.3 Å². The van der Waals surface area contributed by atoms with Crippen LogP contribution in [-0.4, -0.2) is 27.8 Å². The van der Waals surface area contributed by atoms with Crippen molar-refractivity contribution >= 4 is 53.1 Å². The minimum Gasteiger partial charge on any atom is -0.281 e. The smallest absolute Gasteiger partial charge is 0.242 e. The van der Waals surface area contributed by atoms with Gasteiger partial charge in [-0.3, -0.25) is 4.72 Å². The maximum atomic E-state index is 11.3. The number of anilines is 1. The van der Waals surface area contributed by atoms with E-state index in [1.54, 1.807) is 0 Å². The predicted octanol–water partition coefficient (Wildman–Crippen LogP) is 1.84. The van der Waals surface area contributed by atoms with Crippen LogP contribution in [0.15, 0.2) is 23.1 Å². The largest absolute Gasteiger partial charge is 0.281 e. The molecule has 1 aromatic rings. The van der Waals surface area contributed by atoms with Crippen molar-refractivity contribution in [1.29, 1.82) is 0 Å². The quantitative estimate of drug-likeness (QED) is 0.829. The number of hydrogen-bond donors (Lipinski definition) is 1. The molecule has 0 amide bonds. The number of sulfonamides is 1. The molecule has 0 atom stereocenters. The average molecular weight is 363 g/mol. The Labute approximate surface area is 113 Å². The van der Waals surface area contributed by atoms with Gasteiger partial charge < -0.3 is 0 Å². The number of alkyl halides is 1. The van der Waals surface area contributed by atoms with E-state index in [4.69, 9.17) is 11.6 Å². The summed E-state index contributed by atoms with van der Waals surface area (Å²) in [6.45, 7) is 0. The number of nitrogens with one attached hydrogen (secondary N) is 1. The molecule has 9 heteroatoms. The first-order valence-corrected chi connectivity index (χ1v) is 9.26. The molecule has 0 aromatic heterocycles. The van der Waals surface area contributed by atoms with E-state index in [1.165, 1.54) is 18.2 Å². The number of benzene rings is 1. The molecule has 0 unspecified atom stereocenters. The van der Waals surface area contributed by atoms with Crippen LogP contribution < -0.4 is 4.72 Å². The van der Waals surface area contributed by atoms with E-state index in [-0.39, 0.29) is 20.3 Å². The molecule has 5 nitrogen and oxygen atoms in total. The summed E-state index contributed by atoms with van der Waals surface area (Å²) in [6, 6.07) is 3.81. The van der Waals surface area contributed by atoms with Crippen LogP contribution >= 0.6 is 27.5 Å². The molecule has 17 heavy (non-hydrogen) atoms. The molecule has 1 N–H and O–H groups in total. The summed E-state index contributed by atoms with van der Waals surface area (Å²) in [5.74, 6) is 0. The third kappa shape index (κ3) is 4.13. The van der Waals surface area contributed by atoms with Gasteiger partial charge in [0.2, 0.25) is 10.0 Å². The third-order valence-corrected chi connectivity index (χ3v) is 5.84. The van der Waals surface area contributed by atoms with Gasteiger partial charge in [0.1, 0.15) is 4.66 Å². The lowest BCUT2D eigenvalue weighted by molar-refractivity contribution is 0.600. The van der Waals surface area contributed by atoms with Crippen molar-refractivity contribution in [1.82, 2.24) is 0 Å². The molecule has 0 aliphatic carbocycles. The second-order valence-electron chi connectivity index (χ2n) is 3.24. The van der Waals surface area contributed by atoms with Gasteiger partial charge in [0.25, 0.3) is 0 Å². The third-order valence-electron chi connectivity index (χ3n) is 1.78. The maximum absolute atomic E-state index is 11.3. The summed E-state index contributed by atoms with van der Waals surface area (Å²) in [7, 11) is -6.98. The lowest BCUT2D eigenvalue weighted by Crippen LogP contribution is -2.14. The van der Waals surface area contributed by atoms with E-state index in [0.717, 1.165) is 6.26 Å². The Morgan fingerprint density at radius 3 is 2.35 bits per heavy atom. The molecule has 1 rings (SSSR count). The van der Waals surface area contributed by atoms with Crippen LogP contribution in [0.1, 0.15) is 0 Å². The van der Waals surface area contributed by atoms with Crippen LogP contribution in [0.3, 0.4) is 0 Å². The Hall–Kier alpha value is -0.310. The molecule has 0 saturated carbocycles. The first kappa shape index (κ1) is 14.7. The molecule has 0 fully saturated rings. The molecule has 1 aromatic carbocycles. The van der Waals surface area contributed by atoms with Crippen molar-refractivity contribution < 1.29 is 16.8 Å². The first-order valence-electron chi connectivity index (χ1n) is 4.22. The highest BCUT2D eigenvalue weighted by molar-refractivity contribution is 9.10. The monoisotopic (exact) mass is 361 g/mol. The Balaban J connectivity index is 3.26. The Morgan fingerprint density at radius 1 is 1.29 bits per heavy atom. The molecular weight excluding hydrogens is 354 g/mol. The van der Waals surface area contributed by atoms with Crippen LogP contribution in [0.25, 0.3) is 0 Å². The highest BCUT2D eigenvalue weighted by atomic mass is 79.9. The Bertz CT molecular complexity index is 627. The molecule has 0 aliphatic heterocycles. The SMILES string of the molecule is CS(=O)(=O)c1ccc(Cl)c(NS(=O)(=O)CBr)c1. The predicted molar refractivity (Wildman–Crippen MR) is 70.9 cm³/mol. The number of hydrogen-bond acceptors (Lipinski definition) is 4. The van der Waals surface area contributed by atoms with Gasteiger partial charge in [-0.2, -0.15) is 0 Å². The lowest BCUT2D eigenvalue weighted by Gasteiger charge is -2.08. The van der Waals surface area contributed by atoms with Gasteiger partial charge in [-0.1, -0.05) is 27.5 Å². The highest BCUT2D eigenvalue weighted by Gasteiger charge is 2.14. The maximum Gasteiger partial charge on any atom is 0.242 e. The van der Waals surface area contributed by atoms with Crippen LogP contribution in [-0.2, 0) is 19.9 Å². The standard InChI is InChI=1S/C8H9BrClNO4S2/c1-16(12,13)6-2-3-7(10)8(4-6)11-17(14,15)5-9/h2-4,11H,5H2,1H3. The minimum atomic E-state index is -3.57. The fraction of sp³-hybridized carbons (Fsp3) is 0.250. The van der Waals surface area contributed by atoms with E-state index >= 15 is 0 Å². The fourth-order valence-corrected chi connectivity index (χ4v) is 2.78. The van der Waals surface area contributed by atoms with E-state index in [1.807, 2.05) is 0 Å². The van der Waals surface area contributed by atoms with E-state index in [0.29, 0.717) is 0 Å². The van der Waals surface area contributed by atoms with Gasteiger partial charge in [-0.05, 0) is 18.2 Å². The number of halogens is 2. The molecule has 96 valence electrons. The molecule has 0 saturated heterocycles. The number of sulfone groups is 1. The van der Waals surface area contributed by atoms with Crippen molar-refractivity contribution in [2.24, 2.45) is 0 Å². The van der Waals surface area contributed by atoms with Gasteiger partial charge in [-0.25, -0.2) is 16.8 Å². The van der Waals surface area contributed by atoms with E-state index in [9.17, 15) is 16.8 Å². The van der Waals surface area contributed by atoms with Crippen molar-refractivity contribution in [3.8, 4) is 0 Å². The zero-order valence-electron chi connectivity index (χ0n) is 8.64. The van der Waals surface area contributed by atoms with Gasteiger partial charge in [0.05, 0.1) is 15.6 Å². The lowest BCUT2D eigenvalue weighted by atomic mass is 10.3. The van der Waals surface area contributed by atoms with E-state index in [2.05, 4.69) is 20.7 Å². The summed E-state index contributed by atoms with van der Waals surface area (Å²) in [6.07, 6.45) is 1.03. The molecular formula is C8H9BrClNO4S2. The van der Waals surface area contributed by atoms with Crippen molar-refractivity contribution in [3.05, 3.63) is 23.2 Å². The molecule has 0 radical (unpaired) electrons. The van der Waals surface area contributed by atoms with Gasteiger partial charge in [0.15, 0.2) is 9.84 Å². The van der Waals surface area contributed by atoms with Crippen LogP contribution in [0.2, 0.25) is 5.02 Å². The summed E-state index contributed by atoms with van der Waals surface area (Å²) < 4.78 is 47.1. The van der Waals surface area contributed by atoms with Gasteiger partial charge in [0, 0.05) is 6.26 Å². The zero-order valence-corrected chi connectivity index (χ0v) is 12.6. The van der Waals surface area contributed by atoms with Crippen LogP contribution in [0.5, 0.6) is 0 Å². The van der Waals surface area contributed by atoms with Crippen molar-refractivity contribution in [3.63, 3.8) is 0 Å². The molecule has 0 bridgehead atoms. The van der Waals surface area contributed by atoms with Gasteiger partial charge in [-0.15, -0.1) is 0 Å². The summed E-state index contributed by atoms with van der Waals surface area (Å²) in [5, 5.41) is 0.127. The fourth-order valence-electron chi connectivity index (χ4n) is 1.01. The zero-order chi connectivity index (χ0) is 13.3. The van der Waals surface area contributed by atoms with Crippen molar-refractivity contribution in [2.75, 3.05) is 15.6 Å². The highest BCUT2D eigenvalue weighted by Crippen LogP contribution is 2.26. The molecule has 0 heterocycles. The summed E-state index contributed by atoms with van der Waals surface area (Å²) >= 11 is 8.57. The first-order chi connectivity index (χ1) is 7.65. The van der Waals surface area contributed by atoms with Crippen LogP contribution in [0, 0.1) is 0 Å². The van der Waals surface area contributed by atoms with E-state index < -0.39 is 19.9 Å². The second-order valence-corrected chi connectivity index (χ2v) is 8.69. The summed E-state index contributed by atoms with van der Waals surface area (Å²) in [4.78, 5) is -0.00540. The van der Waals surface area contributed by atoms with Crippen molar-refractivity contribution in [2.45, 2.75) is 4.90 Å². The Morgan fingerprint density at radius 2 is 1.88 bits per heavy atom. The second kappa shape index (κ2) is 5.13. The molecule has 0 aliphatic rings. The number of rotatable bonds is 4.